The second-order valence-corrected chi connectivity index (χ2v) is 20.6. The molecule has 45 heavy (non-hydrogen) atoms. The van der Waals surface area contributed by atoms with E-state index >= 15 is 0 Å². The Labute approximate surface area is 272 Å². The number of fused-ring (bicyclic) bond motifs is 5. The normalized spacial score (nSPS) is 26.8. The van der Waals surface area contributed by atoms with Crippen LogP contribution in [0.25, 0.3) is 0 Å². The molecule has 0 bridgehead atoms. The summed E-state index contributed by atoms with van der Waals surface area (Å²) in [4.78, 5) is 14.7. The number of carbonyl (C=O) groups is 1. The Kier molecular flexibility index (Phi) is 7.86. The second-order valence-electron chi connectivity index (χ2n) is 14.7. The Balaban J connectivity index is 1.20. The summed E-state index contributed by atoms with van der Waals surface area (Å²) in [7, 11) is -2.72. The van der Waals surface area contributed by atoms with Gasteiger partial charge in [-0.2, -0.15) is 0 Å². The molecule has 2 unspecified atom stereocenters. The van der Waals surface area contributed by atoms with Gasteiger partial charge in [-0.05, 0) is 105 Å². The monoisotopic (exact) mass is 632 g/mol. The first kappa shape index (κ1) is 30.5. The molecule has 4 aromatic carbocycles. The van der Waals surface area contributed by atoms with Crippen LogP contribution in [0.1, 0.15) is 70.4 Å². The van der Waals surface area contributed by atoms with Crippen LogP contribution in [-0.2, 0) is 22.4 Å². The van der Waals surface area contributed by atoms with Gasteiger partial charge < -0.3 is 8.98 Å². The SMILES string of the molecule is CC(C)(C)[Si](Oc1ccc2c(c1)CC[C@@H]1[C@@H]2CC[C@]2(C)C(=O)C([S+]([O-])c3ccccc3)C[C@@H]12)(c1ccccc1)c1ccccc1. The highest BCUT2D eigenvalue weighted by molar-refractivity contribution is 7.92. The van der Waals surface area contributed by atoms with Gasteiger partial charge in [-0.25, -0.2) is 0 Å². The molecule has 0 aliphatic heterocycles. The van der Waals surface area contributed by atoms with E-state index in [2.05, 4.69) is 107 Å². The Morgan fingerprint density at radius 3 is 2.04 bits per heavy atom. The number of rotatable bonds is 6. The molecule has 4 aromatic rings. The van der Waals surface area contributed by atoms with Gasteiger partial charge in [-0.1, -0.05) is 113 Å². The molecule has 3 aliphatic carbocycles. The van der Waals surface area contributed by atoms with E-state index in [1.807, 2.05) is 30.3 Å². The van der Waals surface area contributed by atoms with Gasteiger partial charge in [-0.3, -0.25) is 4.79 Å². The summed E-state index contributed by atoms with van der Waals surface area (Å²) in [5.74, 6) is 2.35. The number of carbonyl (C=O) groups excluding carboxylic acids is 1. The van der Waals surface area contributed by atoms with Crippen molar-refractivity contribution in [3.8, 4) is 5.75 Å². The second kappa shape index (κ2) is 11.6. The van der Waals surface area contributed by atoms with Crippen LogP contribution >= 0.6 is 0 Å². The van der Waals surface area contributed by atoms with Crippen LogP contribution in [0, 0.1) is 17.3 Å². The molecule has 0 spiro atoms. The zero-order chi connectivity index (χ0) is 31.4. The highest BCUT2D eigenvalue weighted by atomic mass is 32.2. The largest absolute Gasteiger partial charge is 0.611 e. The summed E-state index contributed by atoms with van der Waals surface area (Å²) in [6.07, 6.45) is 4.68. The minimum Gasteiger partial charge on any atom is -0.611 e. The molecule has 0 heterocycles. The van der Waals surface area contributed by atoms with Crippen LogP contribution in [0.2, 0.25) is 5.04 Å². The third-order valence-electron chi connectivity index (χ3n) is 11.3. The van der Waals surface area contributed by atoms with Crippen molar-refractivity contribution in [3.63, 3.8) is 0 Å². The highest BCUT2D eigenvalue weighted by Gasteiger charge is 2.61. The molecular formula is C40H44O3SSi. The Bertz CT molecular complexity index is 1630. The average Bonchev–Trinajstić information content (AvgIpc) is 3.33. The number of hydrogen-bond acceptors (Lipinski definition) is 3. The first-order chi connectivity index (χ1) is 21.6. The van der Waals surface area contributed by atoms with Crippen molar-refractivity contribution in [1.82, 2.24) is 0 Å². The molecule has 3 nitrogen and oxygen atoms in total. The van der Waals surface area contributed by atoms with Gasteiger partial charge in [0, 0.05) is 11.8 Å². The van der Waals surface area contributed by atoms with Crippen LogP contribution in [-0.4, -0.2) is 23.9 Å². The van der Waals surface area contributed by atoms with E-state index in [-0.39, 0.29) is 22.2 Å². The lowest BCUT2D eigenvalue weighted by Gasteiger charge is -2.48. The van der Waals surface area contributed by atoms with Crippen LogP contribution in [0.5, 0.6) is 5.75 Å². The number of hydrogen-bond donors (Lipinski definition) is 0. The summed E-state index contributed by atoms with van der Waals surface area (Å²) in [6, 6.07) is 38.1. The van der Waals surface area contributed by atoms with Crippen molar-refractivity contribution >= 4 is 35.6 Å². The standard InChI is InChI=1S/C40H44O3SSi/c1-39(2,3)45(31-16-10-6-11-17-31,32-18-12-7-13-19-32)43-29-21-23-33-28(26-29)20-22-35-34(33)24-25-40(4)36(35)27-37(38(40)41)44(42)30-14-8-5-9-15-30/h5-19,21,23,26,34-37H,20,22,24-25,27H2,1-4H3/t34-,35-,36+,37?,40+,44?/m1/s1. The van der Waals surface area contributed by atoms with Crippen molar-refractivity contribution in [2.75, 3.05) is 0 Å². The third-order valence-corrected chi connectivity index (χ3v) is 17.9. The third kappa shape index (κ3) is 5.03. The number of benzene rings is 4. The fourth-order valence-electron chi connectivity index (χ4n) is 9.12. The average molecular weight is 633 g/mol. The lowest BCUT2D eigenvalue weighted by atomic mass is 9.55. The van der Waals surface area contributed by atoms with Crippen molar-refractivity contribution < 1.29 is 13.8 Å². The molecule has 0 N–H and O–H groups in total. The van der Waals surface area contributed by atoms with E-state index in [4.69, 9.17) is 4.43 Å². The lowest BCUT2D eigenvalue weighted by Crippen LogP contribution is -2.68. The van der Waals surface area contributed by atoms with E-state index in [0.29, 0.717) is 11.8 Å². The first-order valence-corrected chi connectivity index (χ1v) is 19.7. The van der Waals surface area contributed by atoms with Crippen molar-refractivity contribution in [1.29, 1.82) is 0 Å². The Morgan fingerprint density at radius 1 is 0.844 bits per heavy atom. The highest BCUT2D eigenvalue weighted by Crippen LogP contribution is 2.61. The zero-order valence-electron chi connectivity index (χ0n) is 26.9. The van der Waals surface area contributed by atoms with Gasteiger partial charge in [0.2, 0.25) is 0 Å². The summed E-state index contributed by atoms with van der Waals surface area (Å²) in [5, 5.41) is 2.06. The molecule has 2 fully saturated rings. The van der Waals surface area contributed by atoms with Gasteiger partial charge in [0.25, 0.3) is 0 Å². The smallest absolute Gasteiger partial charge is 0.319 e. The molecule has 5 heteroatoms. The lowest BCUT2D eigenvalue weighted by molar-refractivity contribution is -0.129. The predicted octanol–water partition coefficient (Wildman–Crippen LogP) is 7.84. The van der Waals surface area contributed by atoms with Crippen molar-refractivity contribution in [2.24, 2.45) is 17.3 Å². The molecular weight excluding hydrogens is 589 g/mol. The number of aryl methyl sites for hydroxylation is 1. The van der Waals surface area contributed by atoms with Crippen LogP contribution in [0.15, 0.2) is 114 Å². The van der Waals surface area contributed by atoms with E-state index in [1.54, 1.807) is 0 Å². The summed E-state index contributed by atoms with van der Waals surface area (Å²) < 4.78 is 21.0. The summed E-state index contributed by atoms with van der Waals surface area (Å²) >= 11 is -1.30. The first-order valence-electron chi connectivity index (χ1n) is 16.6. The maximum atomic E-state index is 13.9. The number of Topliss-reactive ketones (excluding diaryl/α,β-unsaturated/α-hetero) is 1. The maximum Gasteiger partial charge on any atom is 0.319 e. The molecule has 2 saturated carbocycles. The summed E-state index contributed by atoms with van der Waals surface area (Å²) in [6.45, 7) is 9.14. The van der Waals surface area contributed by atoms with Crippen LogP contribution in [0.3, 0.4) is 0 Å². The Morgan fingerprint density at radius 2 is 1.44 bits per heavy atom. The van der Waals surface area contributed by atoms with Gasteiger partial charge in [-0.15, -0.1) is 0 Å². The molecule has 0 radical (unpaired) electrons. The number of ketones is 1. The molecule has 3 aliphatic rings. The minimum absolute atomic E-state index is 0.101. The van der Waals surface area contributed by atoms with Gasteiger partial charge in [0.15, 0.2) is 15.9 Å². The summed E-state index contributed by atoms with van der Waals surface area (Å²) in [5.41, 5.74) is 2.45. The molecule has 0 amide bonds. The minimum atomic E-state index is -2.72. The predicted molar refractivity (Wildman–Crippen MR) is 186 cm³/mol. The van der Waals surface area contributed by atoms with E-state index in [9.17, 15) is 9.35 Å². The van der Waals surface area contributed by atoms with Crippen LogP contribution < -0.4 is 14.8 Å². The fourth-order valence-corrected chi connectivity index (χ4v) is 15.1. The van der Waals surface area contributed by atoms with Crippen molar-refractivity contribution in [2.45, 2.75) is 80.9 Å². The maximum absolute atomic E-state index is 13.9. The van der Waals surface area contributed by atoms with E-state index in [0.717, 1.165) is 42.7 Å². The van der Waals surface area contributed by atoms with E-state index < -0.39 is 24.7 Å². The fraction of sp³-hybridized carbons (Fsp3) is 0.375. The molecule has 232 valence electrons. The van der Waals surface area contributed by atoms with Gasteiger partial charge in [0.1, 0.15) is 5.75 Å². The Hall–Kier alpha value is -3.12. The molecule has 0 aromatic heterocycles. The zero-order valence-corrected chi connectivity index (χ0v) is 28.7. The van der Waals surface area contributed by atoms with Crippen molar-refractivity contribution in [3.05, 3.63) is 120 Å². The topological polar surface area (TPSA) is 49.4 Å². The molecule has 7 rings (SSSR count). The van der Waals surface area contributed by atoms with Crippen LogP contribution in [0.4, 0.5) is 0 Å². The van der Waals surface area contributed by atoms with Gasteiger partial charge in [0.05, 0.1) is 0 Å². The van der Waals surface area contributed by atoms with Gasteiger partial charge >= 0.3 is 8.32 Å². The van der Waals surface area contributed by atoms with E-state index in [1.165, 1.54) is 21.5 Å². The molecule has 6 atom stereocenters. The quantitative estimate of drug-likeness (QED) is 0.161. The molecule has 0 saturated heterocycles.